The summed E-state index contributed by atoms with van der Waals surface area (Å²) in [6, 6.07) is 1.96. The quantitative estimate of drug-likeness (QED) is 0.859. The number of ether oxygens (including phenoxy) is 1. The lowest BCUT2D eigenvalue weighted by molar-refractivity contribution is -0.150. The van der Waals surface area contributed by atoms with Gasteiger partial charge in [-0.3, -0.25) is 0 Å². The van der Waals surface area contributed by atoms with Gasteiger partial charge in [-0.05, 0) is 28.9 Å². The van der Waals surface area contributed by atoms with Gasteiger partial charge in [0.25, 0.3) is 0 Å². The van der Waals surface area contributed by atoms with E-state index in [0.717, 1.165) is 14.2 Å². The lowest BCUT2D eigenvalue weighted by atomic mass is 10.2. The molecular formula is C9H11BrO3S. The highest BCUT2D eigenvalue weighted by molar-refractivity contribution is 9.10. The zero-order chi connectivity index (χ0) is 10.7. The number of hydrogen-bond acceptors (Lipinski definition) is 4. The topological polar surface area (TPSA) is 46.5 Å². The third-order valence-corrected chi connectivity index (χ3v) is 3.78. The Bertz CT molecular complexity index is 335. The predicted molar refractivity (Wildman–Crippen MR) is 58.5 cm³/mol. The van der Waals surface area contributed by atoms with Crippen LogP contribution in [0, 0.1) is 6.92 Å². The van der Waals surface area contributed by atoms with Crippen LogP contribution in [0.1, 0.15) is 9.75 Å². The van der Waals surface area contributed by atoms with Gasteiger partial charge in [0.15, 0.2) is 6.10 Å². The molecule has 0 aliphatic heterocycles. The van der Waals surface area contributed by atoms with Gasteiger partial charge in [-0.25, -0.2) is 4.79 Å². The third kappa shape index (κ3) is 2.80. The molecule has 1 aromatic heterocycles. The number of halogens is 1. The molecule has 0 aliphatic rings. The fourth-order valence-electron chi connectivity index (χ4n) is 1.07. The van der Waals surface area contributed by atoms with Gasteiger partial charge in [-0.1, -0.05) is 0 Å². The average Bonchev–Trinajstić information content (AvgIpc) is 2.44. The summed E-state index contributed by atoms with van der Waals surface area (Å²) in [6.45, 7) is 1.98. The molecule has 0 radical (unpaired) electrons. The van der Waals surface area contributed by atoms with Crippen molar-refractivity contribution in [3.63, 3.8) is 0 Å². The number of rotatable bonds is 3. The number of carbonyl (C=O) groups is 1. The molecule has 0 saturated heterocycles. The van der Waals surface area contributed by atoms with Crippen molar-refractivity contribution in [1.82, 2.24) is 0 Å². The summed E-state index contributed by atoms with van der Waals surface area (Å²) in [4.78, 5) is 13.1. The monoisotopic (exact) mass is 278 g/mol. The minimum atomic E-state index is -1.07. The standard InChI is InChI=1S/C9H11BrO3S/c1-5-3-6(10)8(14-5)4-7(11)9(12)13-2/h3,7,11H,4H2,1-2H3. The van der Waals surface area contributed by atoms with E-state index in [0.29, 0.717) is 6.42 Å². The van der Waals surface area contributed by atoms with Gasteiger partial charge in [0.2, 0.25) is 0 Å². The highest BCUT2D eigenvalue weighted by Gasteiger charge is 2.18. The van der Waals surface area contributed by atoms with Crippen molar-refractivity contribution in [3.05, 3.63) is 20.3 Å². The van der Waals surface area contributed by atoms with E-state index in [1.54, 1.807) is 11.3 Å². The smallest absolute Gasteiger partial charge is 0.335 e. The average molecular weight is 279 g/mol. The number of esters is 1. The predicted octanol–water partition coefficient (Wildman–Crippen LogP) is 1.90. The molecule has 1 rings (SSSR count). The molecular weight excluding hydrogens is 268 g/mol. The normalized spacial score (nSPS) is 12.6. The van der Waals surface area contributed by atoms with Gasteiger partial charge >= 0.3 is 5.97 Å². The van der Waals surface area contributed by atoms with Gasteiger partial charge in [-0.15, -0.1) is 11.3 Å². The summed E-state index contributed by atoms with van der Waals surface area (Å²) in [7, 11) is 1.26. The van der Waals surface area contributed by atoms with Crippen LogP contribution in [0.2, 0.25) is 0 Å². The molecule has 0 aliphatic carbocycles. The second-order valence-corrected chi connectivity index (χ2v) is 5.07. The van der Waals surface area contributed by atoms with Crippen LogP contribution in [-0.4, -0.2) is 24.3 Å². The Balaban J connectivity index is 2.69. The van der Waals surface area contributed by atoms with Crippen molar-refractivity contribution in [2.75, 3.05) is 7.11 Å². The summed E-state index contributed by atoms with van der Waals surface area (Å²) in [5.74, 6) is -0.594. The summed E-state index contributed by atoms with van der Waals surface area (Å²) < 4.78 is 5.36. The summed E-state index contributed by atoms with van der Waals surface area (Å²) in [5, 5.41) is 9.42. The second-order valence-electron chi connectivity index (χ2n) is 2.87. The SMILES string of the molecule is COC(=O)C(O)Cc1sc(C)cc1Br. The van der Waals surface area contributed by atoms with Gasteiger partial charge in [0.05, 0.1) is 7.11 Å². The Morgan fingerprint density at radius 1 is 1.79 bits per heavy atom. The Kier molecular flexibility index (Phi) is 4.10. The maximum absolute atomic E-state index is 11.0. The largest absolute Gasteiger partial charge is 0.467 e. The number of aliphatic hydroxyl groups excluding tert-OH is 1. The van der Waals surface area contributed by atoms with E-state index in [-0.39, 0.29) is 0 Å². The lowest BCUT2D eigenvalue weighted by Crippen LogP contribution is -2.23. The number of thiophene rings is 1. The molecule has 14 heavy (non-hydrogen) atoms. The van der Waals surface area contributed by atoms with Gasteiger partial charge in [0.1, 0.15) is 0 Å². The van der Waals surface area contributed by atoms with Crippen LogP contribution in [0.3, 0.4) is 0 Å². The third-order valence-electron chi connectivity index (χ3n) is 1.73. The van der Waals surface area contributed by atoms with Crippen molar-refractivity contribution >= 4 is 33.2 Å². The maximum Gasteiger partial charge on any atom is 0.335 e. The van der Waals surface area contributed by atoms with E-state index in [9.17, 15) is 9.90 Å². The van der Waals surface area contributed by atoms with Crippen molar-refractivity contribution < 1.29 is 14.6 Å². The van der Waals surface area contributed by atoms with E-state index in [2.05, 4.69) is 20.7 Å². The highest BCUT2D eigenvalue weighted by atomic mass is 79.9. The van der Waals surface area contributed by atoms with E-state index in [1.165, 1.54) is 7.11 Å². The molecule has 0 saturated carbocycles. The Morgan fingerprint density at radius 2 is 2.43 bits per heavy atom. The Morgan fingerprint density at radius 3 is 2.86 bits per heavy atom. The molecule has 0 fully saturated rings. The molecule has 0 aromatic carbocycles. The number of methoxy groups -OCH3 is 1. The highest BCUT2D eigenvalue weighted by Crippen LogP contribution is 2.27. The molecule has 1 unspecified atom stereocenters. The van der Waals surface area contributed by atoms with Crippen LogP contribution in [0.4, 0.5) is 0 Å². The van der Waals surface area contributed by atoms with Crippen molar-refractivity contribution in [2.24, 2.45) is 0 Å². The first-order chi connectivity index (χ1) is 6.54. The number of aliphatic hydroxyl groups is 1. The van der Waals surface area contributed by atoms with Crippen LogP contribution in [-0.2, 0) is 16.0 Å². The van der Waals surface area contributed by atoms with Gasteiger partial charge in [0, 0.05) is 20.6 Å². The first-order valence-corrected chi connectivity index (χ1v) is 5.66. The molecule has 1 heterocycles. The number of aryl methyl sites for hydroxylation is 1. The Hall–Kier alpha value is -0.390. The molecule has 0 amide bonds. The van der Waals surface area contributed by atoms with E-state index in [4.69, 9.17) is 0 Å². The molecule has 1 N–H and O–H groups in total. The van der Waals surface area contributed by atoms with Crippen LogP contribution in [0.25, 0.3) is 0 Å². The van der Waals surface area contributed by atoms with E-state index < -0.39 is 12.1 Å². The van der Waals surface area contributed by atoms with Crippen LogP contribution < -0.4 is 0 Å². The minimum absolute atomic E-state index is 0.297. The van der Waals surface area contributed by atoms with E-state index >= 15 is 0 Å². The molecule has 3 nitrogen and oxygen atoms in total. The number of carbonyl (C=O) groups excluding carboxylic acids is 1. The summed E-state index contributed by atoms with van der Waals surface area (Å²) >= 11 is 4.92. The lowest BCUT2D eigenvalue weighted by Gasteiger charge is -2.06. The van der Waals surface area contributed by atoms with Gasteiger partial charge in [-0.2, -0.15) is 0 Å². The summed E-state index contributed by atoms with van der Waals surface area (Å²) in [5.41, 5.74) is 0. The maximum atomic E-state index is 11.0. The minimum Gasteiger partial charge on any atom is -0.467 e. The number of hydrogen-bond donors (Lipinski definition) is 1. The van der Waals surface area contributed by atoms with Crippen LogP contribution in [0.15, 0.2) is 10.5 Å². The van der Waals surface area contributed by atoms with Crippen molar-refractivity contribution in [2.45, 2.75) is 19.4 Å². The molecule has 0 spiro atoms. The van der Waals surface area contributed by atoms with E-state index in [1.807, 2.05) is 13.0 Å². The molecule has 5 heteroatoms. The van der Waals surface area contributed by atoms with Gasteiger partial charge < -0.3 is 9.84 Å². The fraction of sp³-hybridized carbons (Fsp3) is 0.444. The molecule has 78 valence electrons. The molecule has 1 aromatic rings. The fourth-order valence-corrected chi connectivity index (χ4v) is 2.93. The molecule has 0 bridgehead atoms. The van der Waals surface area contributed by atoms with Crippen LogP contribution in [0.5, 0.6) is 0 Å². The Labute approximate surface area is 94.8 Å². The van der Waals surface area contributed by atoms with Crippen molar-refractivity contribution in [1.29, 1.82) is 0 Å². The summed E-state index contributed by atoms with van der Waals surface area (Å²) in [6.07, 6.45) is -0.777. The second kappa shape index (κ2) is 4.91. The van der Waals surface area contributed by atoms with Crippen LogP contribution >= 0.6 is 27.3 Å². The zero-order valence-electron chi connectivity index (χ0n) is 7.91. The molecule has 1 atom stereocenters. The van der Waals surface area contributed by atoms with Crippen molar-refractivity contribution in [3.8, 4) is 0 Å². The first-order valence-electron chi connectivity index (χ1n) is 4.05. The first kappa shape index (κ1) is 11.7. The zero-order valence-corrected chi connectivity index (χ0v) is 10.3.